The van der Waals surface area contributed by atoms with Crippen molar-refractivity contribution in [1.29, 1.82) is 0 Å². The van der Waals surface area contributed by atoms with Crippen LogP contribution in [0.2, 0.25) is 0 Å². The molecule has 2 aliphatic rings. The van der Waals surface area contributed by atoms with Gasteiger partial charge in [-0.3, -0.25) is 9.59 Å². The van der Waals surface area contributed by atoms with Crippen LogP contribution in [-0.2, 0) is 16.0 Å². The van der Waals surface area contributed by atoms with E-state index < -0.39 is 17.7 Å². The van der Waals surface area contributed by atoms with Crippen molar-refractivity contribution in [2.24, 2.45) is 5.92 Å². The molecule has 8 heteroatoms. The van der Waals surface area contributed by atoms with Crippen LogP contribution in [0.25, 0.3) is 5.76 Å². The summed E-state index contributed by atoms with van der Waals surface area (Å²) in [5.41, 5.74) is 2.20. The fourth-order valence-corrected chi connectivity index (χ4v) is 4.98. The summed E-state index contributed by atoms with van der Waals surface area (Å²) in [5.74, 6) is 0.915. The average Bonchev–Trinajstić information content (AvgIpc) is 3.38. The second kappa shape index (κ2) is 12.1. The van der Waals surface area contributed by atoms with Gasteiger partial charge < -0.3 is 29.1 Å². The van der Waals surface area contributed by atoms with Gasteiger partial charge in [-0.1, -0.05) is 19.9 Å². The Morgan fingerprint density at radius 1 is 1.13 bits per heavy atom. The number of amides is 1. The number of carbonyl (C=O) groups excluding carboxylic acids is 2. The number of aliphatic hydroxyl groups excluding tert-OH is 1. The molecule has 0 bridgehead atoms. The molecular formula is C31H40N2O6. The lowest BCUT2D eigenvalue weighted by Gasteiger charge is -2.27. The van der Waals surface area contributed by atoms with E-state index in [1.54, 1.807) is 6.07 Å². The fourth-order valence-electron chi connectivity index (χ4n) is 4.98. The molecule has 8 nitrogen and oxygen atoms in total. The smallest absolute Gasteiger partial charge is 0.295 e. The Hall–Kier alpha value is -3.52. The Morgan fingerprint density at radius 2 is 1.90 bits per heavy atom. The van der Waals surface area contributed by atoms with Crippen LogP contribution in [0.4, 0.5) is 0 Å². The van der Waals surface area contributed by atoms with Gasteiger partial charge in [0.1, 0.15) is 17.6 Å². The van der Waals surface area contributed by atoms with Gasteiger partial charge in [-0.25, -0.2) is 0 Å². The Kier molecular flexibility index (Phi) is 8.85. The van der Waals surface area contributed by atoms with Crippen LogP contribution < -0.4 is 14.2 Å². The van der Waals surface area contributed by atoms with Crippen molar-refractivity contribution in [3.63, 3.8) is 0 Å². The Labute approximate surface area is 231 Å². The van der Waals surface area contributed by atoms with Crippen LogP contribution in [0.15, 0.2) is 42.0 Å². The Bertz CT molecular complexity index is 1250. The van der Waals surface area contributed by atoms with Crippen LogP contribution in [0.3, 0.4) is 0 Å². The van der Waals surface area contributed by atoms with Crippen molar-refractivity contribution in [1.82, 2.24) is 9.80 Å². The van der Waals surface area contributed by atoms with Crippen molar-refractivity contribution in [2.75, 3.05) is 40.4 Å². The summed E-state index contributed by atoms with van der Waals surface area (Å²) in [7, 11) is 3.82. The largest absolute Gasteiger partial charge is 0.507 e. The molecule has 2 atom stereocenters. The van der Waals surface area contributed by atoms with Crippen LogP contribution in [0, 0.1) is 5.92 Å². The highest BCUT2D eigenvalue weighted by Gasteiger charge is 2.46. The highest BCUT2D eigenvalue weighted by Crippen LogP contribution is 2.42. The summed E-state index contributed by atoms with van der Waals surface area (Å²) in [4.78, 5) is 30.2. The number of ether oxygens (including phenoxy) is 3. The van der Waals surface area contributed by atoms with Crippen LogP contribution in [0.5, 0.6) is 17.2 Å². The minimum Gasteiger partial charge on any atom is -0.507 e. The minimum atomic E-state index is -0.766. The second-order valence-corrected chi connectivity index (χ2v) is 10.9. The predicted molar refractivity (Wildman–Crippen MR) is 150 cm³/mol. The molecule has 1 N–H and O–H groups in total. The zero-order valence-corrected chi connectivity index (χ0v) is 23.8. The molecule has 0 radical (unpaired) electrons. The Morgan fingerprint density at radius 3 is 2.59 bits per heavy atom. The molecule has 0 aromatic heterocycles. The third-order valence-corrected chi connectivity index (χ3v) is 7.03. The van der Waals surface area contributed by atoms with Crippen molar-refractivity contribution in [3.8, 4) is 17.2 Å². The molecule has 0 saturated carbocycles. The van der Waals surface area contributed by atoms with Gasteiger partial charge in [-0.15, -0.1) is 0 Å². The lowest BCUT2D eigenvalue weighted by molar-refractivity contribution is -0.140. The van der Waals surface area contributed by atoms with E-state index in [0.717, 1.165) is 17.7 Å². The van der Waals surface area contributed by atoms with Crippen LogP contribution >= 0.6 is 0 Å². The van der Waals surface area contributed by atoms with E-state index in [9.17, 15) is 14.7 Å². The van der Waals surface area contributed by atoms with Gasteiger partial charge in [0.2, 0.25) is 0 Å². The molecule has 2 aliphatic heterocycles. The summed E-state index contributed by atoms with van der Waals surface area (Å²) in [5, 5.41) is 11.5. The number of ketones is 1. The van der Waals surface area contributed by atoms with Gasteiger partial charge in [0.05, 0.1) is 24.8 Å². The number of Topliss-reactive ketones (excluding diaryl/α,β-unsaturated/α-hetero) is 1. The van der Waals surface area contributed by atoms with Crippen molar-refractivity contribution >= 4 is 17.4 Å². The van der Waals surface area contributed by atoms with Crippen molar-refractivity contribution in [3.05, 3.63) is 58.7 Å². The highest BCUT2D eigenvalue weighted by molar-refractivity contribution is 6.46. The summed E-state index contributed by atoms with van der Waals surface area (Å²) in [6.07, 6.45) is 1.67. The first-order valence-corrected chi connectivity index (χ1v) is 13.7. The molecule has 0 aliphatic carbocycles. The SMILES string of the molecule is CCOc1cc(C2/C(=C(/O)c3ccc4c(c3)CC(C)O4)C(=O)C(=O)N2CCN(C)C)ccc1OCCC(C)C. The van der Waals surface area contributed by atoms with E-state index in [1.165, 1.54) is 4.90 Å². The maximum Gasteiger partial charge on any atom is 0.295 e. The normalized spacial score (nSPS) is 20.1. The zero-order valence-electron chi connectivity index (χ0n) is 23.8. The van der Waals surface area contributed by atoms with Crippen LogP contribution in [0.1, 0.15) is 56.8 Å². The Balaban J connectivity index is 1.78. The lowest BCUT2D eigenvalue weighted by atomic mass is 9.94. The van der Waals surface area contributed by atoms with Gasteiger partial charge in [-0.2, -0.15) is 0 Å². The molecule has 2 heterocycles. The minimum absolute atomic E-state index is 0.0484. The van der Waals surface area contributed by atoms with Gasteiger partial charge >= 0.3 is 0 Å². The number of rotatable bonds is 11. The maximum absolute atomic E-state index is 13.4. The summed E-state index contributed by atoms with van der Waals surface area (Å²) in [6.45, 7) is 10.0. The molecule has 1 amide bonds. The van der Waals surface area contributed by atoms with E-state index in [4.69, 9.17) is 14.2 Å². The molecular weight excluding hydrogens is 496 g/mol. The van der Waals surface area contributed by atoms with Gasteiger partial charge in [0, 0.05) is 25.1 Å². The lowest BCUT2D eigenvalue weighted by Crippen LogP contribution is -2.35. The summed E-state index contributed by atoms with van der Waals surface area (Å²) < 4.78 is 17.7. The zero-order chi connectivity index (χ0) is 28.3. The van der Waals surface area contributed by atoms with Gasteiger partial charge in [-0.05, 0) is 81.7 Å². The van der Waals surface area contributed by atoms with Crippen molar-refractivity contribution < 1.29 is 28.9 Å². The summed E-state index contributed by atoms with van der Waals surface area (Å²) in [6, 6.07) is 10.1. The van der Waals surface area contributed by atoms with Gasteiger partial charge in [0.25, 0.3) is 11.7 Å². The summed E-state index contributed by atoms with van der Waals surface area (Å²) >= 11 is 0. The van der Waals surface area contributed by atoms with Crippen LogP contribution in [-0.4, -0.2) is 73.1 Å². The number of hydrogen-bond acceptors (Lipinski definition) is 7. The molecule has 2 aromatic rings. The second-order valence-electron chi connectivity index (χ2n) is 10.9. The quantitative estimate of drug-likeness (QED) is 0.250. The fraction of sp³-hybridized carbons (Fsp3) is 0.484. The maximum atomic E-state index is 13.4. The van der Waals surface area contributed by atoms with E-state index in [-0.39, 0.29) is 17.4 Å². The number of fused-ring (bicyclic) bond motifs is 1. The van der Waals surface area contributed by atoms with Gasteiger partial charge in [0.15, 0.2) is 11.5 Å². The first-order chi connectivity index (χ1) is 18.6. The van der Waals surface area contributed by atoms with E-state index in [0.29, 0.717) is 61.3 Å². The van der Waals surface area contributed by atoms with Crippen molar-refractivity contribution in [2.45, 2.75) is 52.7 Å². The number of benzene rings is 2. The molecule has 2 aromatic carbocycles. The number of hydrogen-bond donors (Lipinski definition) is 1. The highest BCUT2D eigenvalue weighted by atomic mass is 16.5. The number of likely N-dealkylation sites (tertiary alicyclic amines) is 1. The molecule has 39 heavy (non-hydrogen) atoms. The first-order valence-electron chi connectivity index (χ1n) is 13.7. The molecule has 2 unspecified atom stereocenters. The van der Waals surface area contributed by atoms with E-state index in [1.807, 2.05) is 63.2 Å². The third kappa shape index (κ3) is 6.22. The molecule has 1 fully saturated rings. The topological polar surface area (TPSA) is 88.5 Å². The molecule has 4 rings (SSSR count). The average molecular weight is 537 g/mol. The van der Waals surface area contributed by atoms with E-state index >= 15 is 0 Å². The standard InChI is InChI=1S/C31H40N2O6/c1-7-37-26-18-21(8-11-25(26)38-15-12-19(2)3)28-27(30(35)31(36)33(28)14-13-32(5)6)29(34)22-9-10-24-23(17-22)16-20(4)39-24/h8-11,17-20,28,34H,7,12-16H2,1-6H3/b29-27-. The molecule has 0 spiro atoms. The molecule has 210 valence electrons. The molecule has 1 saturated heterocycles. The first kappa shape index (κ1) is 28.5. The third-order valence-electron chi connectivity index (χ3n) is 7.03. The van der Waals surface area contributed by atoms with E-state index in [2.05, 4.69) is 13.8 Å². The number of aliphatic hydroxyl groups is 1. The number of nitrogens with zero attached hydrogens (tertiary/aromatic N) is 2. The predicted octanol–water partition coefficient (Wildman–Crippen LogP) is 4.82. The monoisotopic (exact) mass is 536 g/mol. The number of likely N-dealkylation sites (N-methyl/N-ethyl adjacent to an activating group) is 1. The number of carbonyl (C=O) groups is 2.